The first-order chi connectivity index (χ1) is 10.2. The lowest BCUT2D eigenvalue weighted by Gasteiger charge is -2.28. The van der Waals surface area contributed by atoms with Crippen molar-refractivity contribution < 1.29 is 9.90 Å². The fourth-order valence-corrected chi connectivity index (χ4v) is 2.74. The van der Waals surface area contributed by atoms with Crippen molar-refractivity contribution in [1.29, 1.82) is 0 Å². The van der Waals surface area contributed by atoms with Crippen molar-refractivity contribution in [1.82, 2.24) is 15.1 Å². The van der Waals surface area contributed by atoms with Crippen LogP contribution in [0.15, 0.2) is 42.7 Å². The summed E-state index contributed by atoms with van der Waals surface area (Å²) in [5, 5.41) is 17.0. The second kappa shape index (κ2) is 6.10. The van der Waals surface area contributed by atoms with Crippen LogP contribution < -0.4 is 5.32 Å². The monoisotopic (exact) mass is 285 g/mol. The highest BCUT2D eigenvalue weighted by atomic mass is 16.3. The Morgan fingerprint density at radius 2 is 2.14 bits per heavy atom. The number of aromatic nitrogens is 2. The zero-order valence-corrected chi connectivity index (χ0v) is 11.8. The molecule has 2 atom stereocenters. The Bertz CT molecular complexity index is 610. The maximum Gasteiger partial charge on any atom is 0.251 e. The van der Waals surface area contributed by atoms with Gasteiger partial charge in [-0.25, -0.2) is 4.68 Å². The molecule has 1 aromatic heterocycles. The summed E-state index contributed by atoms with van der Waals surface area (Å²) in [4.78, 5) is 12.3. The predicted octanol–water partition coefficient (Wildman–Crippen LogP) is 1.91. The maximum atomic E-state index is 12.3. The number of benzene rings is 1. The lowest BCUT2D eigenvalue weighted by molar-refractivity contribution is 0.0717. The molecular formula is C16H19N3O2. The van der Waals surface area contributed by atoms with Crippen LogP contribution in [0.2, 0.25) is 0 Å². The van der Waals surface area contributed by atoms with Crippen LogP contribution >= 0.6 is 0 Å². The van der Waals surface area contributed by atoms with Crippen LogP contribution in [0, 0.1) is 0 Å². The van der Waals surface area contributed by atoms with E-state index in [2.05, 4.69) is 10.4 Å². The molecule has 5 heteroatoms. The molecule has 5 nitrogen and oxygen atoms in total. The van der Waals surface area contributed by atoms with E-state index >= 15 is 0 Å². The fraction of sp³-hybridized carbons (Fsp3) is 0.375. The van der Waals surface area contributed by atoms with Gasteiger partial charge in [0.2, 0.25) is 0 Å². The van der Waals surface area contributed by atoms with E-state index in [1.54, 1.807) is 23.0 Å². The molecule has 1 fully saturated rings. The average Bonchev–Trinajstić information content (AvgIpc) is 3.04. The van der Waals surface area contributed by atoms with Crippen LogP contribution in [0.3, 0.4) is 0 Å². The molecule has 2 unspecified atom stereocenters. The first-order valence-corrected chi connectivity index (χ1v) is 7.33. The van der Waals surface area contributed by atoms with E-state index in [-0.39, 0.29) is 11.9 Å². The molecule has 2 N–H and O–H groups in total. The molecule has 3 rings (SSSR count). The molecule has 1 aliphatic carbocycles. The van der Waals surface area contributed by atoms with Crippen molar-refractivity contribution in [2.75, 3.05) is 0 Å². The van der Waals surface area contributed by atoms with Gasteiger partial charge in [-0.15, -0.1) is 0 Å². The SMILES string of the molecule is O=C(NC1CCCCC1O)c1cccc(-n2cccn2)c1. The summed E-state index contributed by atoms with van der Waals surface area (Å²) in [5.74, 6) is -0.144. The second-order valence-corrected chi connectivity index (χ2v) is 5.43. The minimum atomic E-state index is -0.433. The predicted molar refractivity (Wildman–Crippen MR) is 79.3 cm³/mol. The summed E-state index contributed by atoms with van der Waals surface area (Å²) in [6.07, 6.45) is 6.78. The molecule has 0 radical (unpaired) electrons. The molecular weight excluding hydrogens is 266 g/mol. The number of amides is 1. The van der Waals surface area contributed by atoms with Crippen LogP contribution in [0.5, 0.6) is 0 Å². The molecule has 0 saturated heterocycles. The summed E-state index contributed by atoms with van der Waals surface area (Å²) in [6.45, 7) is 0. The number of hydrogen-bond donors (Lipinski definition) is 2. The van der Waals surface area contributed by atoms with Crippen LogP contribution in [-0.2, 0) is 0 Å². The van der Waals surface area contributed by atoms with Gasteiger partial charge in [-0.05, 0) is 37.1 Å². The van der Waals surface area contributed by atoms with Gasteiger partial charge in [0.25, 0.3) is 5.91 Å². The van der Waals surface area contributed by atoms with E-state index in [1.807, 2.05) is 24.4 Å². The summed E-state index contributed by atoms with van der Waals surface area (Å²) in [5.41, 5.74) is 1.43. The highest BCUT2D eigenvalue weighted by molar-refractivity contribution is 5.94. The zero-order valence-electron chi connectivity index (χ0n) is 11.8. The van der Waals surface area contributed by atoms with Gasteiger partial charge in [0, 0.05) is 18.0 Å². The van der Waals surface area contributed by atoms with E-state index in [0.29, 0.717) is 5.56 Å². The third kappa shape index (κ3) is 3.13. The number of aliphatic hydroxyl groups excluding tert-OH is 1. The standard InChI is InChI=1S/C16H19N3O2/c20-15-8-2-1-7-14(15)18-16(21)12-5-3-6-13(11-12)19-10-4-9-17-19/h3-6,9-11,14-15,20H,1-2,7-8H2,(H,18,21). The molecule has 1 aromatic carbocycles. The van der Waals surface area contributed by atoms with Gasteiger partial charge < -0.3 is 10.4 Å². The lowest BCUT2D eigenvalue weighted by Crippen LogP contribution is -2.45. The highest BCUT2D eigenvalue weighted by Gasteiger charge is 2.24. The second-order valence-electron chi connectivity index (χ2n) is 5.43. The quantitative estimate of drug-likeness (QED) is 0.905. The van der Waals surface area contributed by atoms with Gasteiger partial charge in [0.1, 0.15) is 0 Å². The summed E-state index contributed by atoms with van der Waals surface area (Å²) < 4.78 is 1.71. The lowest BCUT2D eigenvalue weighted by atomic mass is 9.92. The van der Waals surface area contributed by atoms with Crippen molar-refractivity contribution in [3.05, 3.63) is 48.3 Å². The normalized spacial score (nSPS) is 22.0. The Balaban J connectivity index is 1.74. The number of carbonyl (C=O) groups is 1. The molecule has 0 bridgehead atoms. The van der Waals surface area contributed by atoms with E-state index in [9.17, 15) is 9.90 Å². The van der Waals surface area contributed by atoms with Crippen molar-refractivity contribution in [3.8, 4) is 5.69 Å². The molecule has 1 aliphatic rings. The number of carbonyl (C=O) groups excluding carboxylic acids is 1. The van der Waals surface area contributed by atoms with E-state index < -0.39 is 6.10 Å². The topological polar surface area (TPSA) is 67.2 Å². The van der Waals surface area contributed by atoms with Crippen molar-refractivity contribution in [2.45, 2.75) is 37.8 Å². The zero-order chi connectivity index (χ0) is 14.7. The third-order valence-corrected chi connectivity index (χ3v) is 3.92. The Labute approximate surface area is 123 Å². The summed E-state index contributed by atoms with van der Waals surface area (Å²) >= 11 is 0. The number of aliphatic hydroxyl groups is 1. The summed E-state index contributed by atoms with van der Waals surface area (Å²) in [6, 6.07) is 9.02. The summed E-state index contributed by atoms with van der Waals surface area (Å²) in [7, 11) is 0. The van der Waals surface area contributed by atoms with E-state index in [1.165, 1.54) is 0 Å². The van der Waals surface area contributed by atoms with E-state index in [0.717, 1.165) is 31.4 Å². The van der Waals surface area contributed by atoms with Crippen LogP contribution in [-0.4, -0.2) is 32.9 Å². The highest BCUT2D eigenvalue weighted by Crippen LogP contribution is 2.19. The van der Waals surface area contributed by atoms with Gasteiger partial charge in [0.15, 0.2) is 0 Å². The molecule has 110 valence electrons. The molecule has 0 spiro atoms. The molecule has 1 amide bonds. The largest absolute Gasteiger partial charge is 0.391 e. The first-order valence-electron chi connectivity index (χ1n) is 7.33. The van der Waals surface area contributed by atoms with Gasteiger partial charge in [-0.1, -0.05) is 18.9 Å². The molecule has 1 heterocycles. The Morgan fingerprint density at radius 1 is 1.29 bits per heavy atom. The number of hydrogen-bond acceptors (Lipinski definition) is 3. The fourth-order valence-electron chi connectivity index (χ4n) is 2.74. The van der Waals surface area contributed by atoms with Crippen LogP contribution in [0.4, 0.5) is 0 Å². The van der Waals surface area contributed by atoms with Gasteiger partial charge >= 0.3 is 0 Å². The molecule has 0 aliphatic heterocycles. The first kappa shape index (κ1) is 13.8. The Kier molecular flexibility index (Phi) is 4.01. The van der Waals surface area contributed by atoms with Crippen LogP contribution in [0.1, 0.15) is 36.0 Å². The molecule has 21 heavy (non-hydrogen) atoms. The minimum absolute atomic E-state index is 0.139. The van der Waals surface area contributed by atoms with Gasteiger partial charge in [-0.2, -0.15) is 5.10 Å². The number of nitrogens with one attached hydrogen (secondary N) is 1. The smallest absolute Gasteiger partial charge is 0.251 e. The number of nitrogens with zero attached hydrogens (tertiary/aromatic N) is 2. The van der Waals surface area contributed by atoms with Crippen molar-refractivity contribution in [2.24, 2.45) is 0 Å². The minimum Gasteiger partial charge on any atom is -0.391 e. The molecule has 1 saturated carbocycles. The average molecular weight is 285 g/mol. The Morgan fingerprint density at radius 3 is 2.90 bits per heavy atom. The third-order valence-electron chi connectivity index (χ3n) is 3.92. The van der Waals surface area contributed by atoms with Gasteiger partial charge in [-0.3, -0.25) is 4.79 Å². The Hall–Kier alpha value is -2.14. The van der Waals surface area contributed by atoms with Gasteiger partial charge in [0.05, 0.1) is 17.8 Å². The van der Waals surface area contributed by atoms with Crippen LogP contribution in [0.25, 0.3) is 5.69 Å². The maximum absolute atomic E-state index is 12.3. The molecule has 2 aromatic rings. The van der Waals surface area contributed by atoms with Crippen molar-refractivity contribution >= 4 is 5.91 Å². The number of rotatable bonds is 3. The van der Waals surface area contributed by atoms with Crippen molar-refractivity contribution in [3.63, 3.8) is 0 Å². The van der Waals surface area contributed by atoms with E-state index in [4.69, 9.17) is 0 Å².